The number of piperazine rings is 1. The molecule has 1 aliphatic rings. The molecule has 0 spiro atoms. The zero-order valence-electron chi connectivity index (χ0n) is 18.7. The zero-order chi connectivity index (χ0) is 22.7. The third kappa shape index (κ3) is 4.37. The molecular weight excluding hydrogens is 404 g/mol. The molecule has 1 aromatic heterocycles. The summed E-state index contributed by atoms with van der Waals surface area (Å²) in [6.07, 6.45) is 3.68. The van der Waals surface area contributed by atoms with Crippen molar-refractivity contribution >= 4 is 11.8 Å². The zero-order valence-corrected chi connectivity index (χ0v) is 18.7. The average Bonchev–Trinajstić information content (AvgIpc) is 3.23. The van der Waals surface area contributed by atoms with Gasteiger partial charge in [-0.15, -0.1) is 0 Å². The van der Waals surface area contributed by atoms with Crippen molar-refractivity contribution in [1.82, 2.24) is 19.4 Å². The second-order valence-corrected chi connectivity index (χ2v) is 8.01. The molecular formula is C25H28N4O3. The summed E-state index contributed by atoms with van der Waals surface area (Å²) in [5.41, 5.74) is 2.60. The largest absolute Gasteiger partial charge is 0.497 e. The highest BCUT2D eigenvalue weighted by molar-refractivity contribution is 5.96. The molecule has 3 aromatic rings. The fraction of sp³-hybridized carbons (Fsp3) is 0.320. The fourth-order valence-electron chi connectivity index (χ4n) is 4.20. The van der Waals surface area contributed by atoms with Gasteiger partial charge in [0.05, 0.1) is 13.2 Å². The van der Waals surface area contributed by atoms with Crippen molar-refractivity contribution in [3.63, 3.8) is 0 Å². The van der Waals surface area contributed by atoms with Crippen LogP contribution >= 0.6 is 0 Å². The van der Waals surface area contributed by atoms with Gasteiger partial charge >= 0.3 is 0 Å². The lowest BCUT2D eigenvalue weighted by molar-refractivity contribution is -0.131. The first kappa shape index (κ1) is 21.6. The van der Waals surface area contributed by atoms with E-state index in [0.717, 1.165) is 22.7 Å². The van der Waals surface area contributed by atoms with Crippen molar-refractivity contribution in [2.24, 2.45) is 0 Å². The predicted octanol–water partition coefficient (Wildman–Crippen LogP) is 3.29. The van der Waals surface area contributed by atoms with Crippen LogP contribution in [0.5, 0.6) is 5.75 Å². The van der Waals surface area contributed by atoms with Crippen molar-refractivity contribution in [3.8, 4) is 5.75 Å². The lowest BCUT2D eigenvalue weighted by Gasteiger charge is -2.41. The molecule has 4 rings (SSSR count). The van der Waals surface area contributed by atoms with Gasteiger partial charge in [0, 0.05) is 51.1 Å². The van der Waals surface area contributed by atoms with Gasteiger partial charge in [0.15, 0.2) is 0 Å². The van der Waals surface area contributed by atoms with E-state index in [4.69, 9.17) is 4.74 Å². The number of ether oxygens (including phenoxy) is 1. The van der Waals surface area contributed by atoms with Gasteiger partial charge in [0.2, 0.25) is 5.91 Å². The average molecular weight is 433 g/mol. The first-order valence-electron chi connectivity index (χ1n) is 10.7. The molecule has 0 aliphatic carbocycles. The molecule has 1 atom stereocenters. The van der Waals surface area contributed by atoms with Crippen LogP contribution in [0.4, 0.5) is 0 Å². The number of hydrogen-bond acceptors (Lipinski definition) is 4. The van der Waals surface area contributed by atoms with E-state index in [1.165, 1.54) is 0 Å². The Morgan fingerprint density at radius 2 is 1.84 bits per heavy atom. The SMILES string of the molecule is COc1ccc([C@H]2CN(C(C)=O)CCN2C(=O)c2ccccc2Cn2ccnc2C)cc1. The molecule has 2 heterocycles. The molecule has 7 heteroatoms. The second-order valence-electron chi connectivity index (χ2n) is 8.01. The van der Waals surface area contributed by atoms with Crippen LogP contribution in [0.15, 0.2) is 60.9 Å². The van der Waals surface area contributed by atoms with Crippen LogP contribution in [0.3, 0.4) is 0 Å². The molecule has 2 aromatic carbocycles. The van der Waals surface area contributed by atoms with Gasteiger partial charge in [-0.1, -0.05) is 30.3 Å². The van der Waals surface area contributed by atoms with E-state index < -0.39 is 0 Å². The number of carbonyl (C=O) groups is 2. The van der Waals surface area contributed by atoms with Gasteiger partial charge in [-0.2, -0.15) is 0 Å². The van der Waals surface area contributed by atoms with E-state index in [1.807, 2.05) is 71.1 Å². The number of aryl methyl sites for hydroxylation is 1. The van der Waals surface area contributed by atoms with Crippen molar-refractivity contribution in [1.29, 1.82) is 0 Å². The minimum Gasteiger partial charge on any atom is -0.497 e. The summed E-state index contributed by atoms with van der Waals surface area (Å²) in [4.78, 5) is 33.9. The molecule has 0 unspecified atom stereocenters. The summed E-state index contributed by atoms with van der Waals surface area (Å²) in [5, 5.41) is 0. The molecule has 1 saturated heterocycles. The topological polar surface area (TPSA) is 67.7 Å². The molecule has 0 radical (unpaired) electrons. The third-order valence-electron chi connectivity index (χ3n) is 6.10. The number of methoxy groups -OCH3 is 1. The Morgan fingerprint density at radius 1 is 1.09 bits per heavy atom. The highest BCUT2D eigenvalue weighted by Crippen LogP contribution is 2.29. The number of nitrogens with zero attached hydrogens (tertiary/aromatic N) is 4. The van der Waals surface area contributed by atoms with E-state index in [2.05, 4.69) is 4.98 Å². The van der Waals surface area contributed by atoms with Gasteiger partial charge in [-0.25, -0.2) is 4.98 Å². The maximum Gasteiger partial charge on any atom is 0.254 e. The van der Waals surface area contributed by atoms with Crippen LogP contribution in [0.25, 0.3) is 0 Å². The molecule has 32 heavy (non-hydrogen) atoms. The Kier molecular flexibility index (Phi) is 6.25. The molecule has 0 bridgehead atoms. The van der Waals surface area contributed by atoms with Crippen LogP contribution in [-0.4, -0.2) is 57.9 Å². The molecule has 0 N–H and O–H groups in total. The maximum absolute atomic E-state index is 13.8. The minimum absolute atomic E-state index is 0.0200. The van der Waals surface area contributed by atoms with Gasteiger partial charge in [-0.05, 0) is 36.2 Å². The van der Waals surface area contributed by atoms with E-state index in [0.29, 0.717) is 31.7 Å². The number of benzene rings is 2. The Bertz CT molecular complexity index is 1110. The Labute approximate surface area is 188 Å². The van der Waals surface area contributed by atoms with Crippen molar-refractivity contribution in [3.05, 3.63) is 83.4 Å². The van der Waals surface area contributed by atoms with Crippen LogP contribution in [-0.2, 0) is 11.3 Å². The minimum atomic E-state index is -0.228. The van der Waals surface area contributed by atoms with E-state index in [-0.39, 0.29) is 17.9 Å². The summed E-state index contributed by atoms with van der Waals surface area (Å²) < 4.78 is 7.31. The summed E-state index contributed by atoms with van der Waals surface area (Å²) >= 11 is 0. The Balaban J connectivity index is 1.66. The highest BCUT2D eigenvalue weighted by atomic mass is 16.5. The van der Waals surface area contributed by atoms with Crippen LogP contribution in [0.2, 0.25) is 0 Å². The van der Waals surface area contributed by atoms with Gasteiger partial charge < -0.3 is 19.1 Å². The normalized spacial score (nSPS) is 16.2. The molecule has 0 saturated carbocycles. The van der Waals surface area contributed by atoms with Crippen molar-refractivity contribution < 1.29 is 14.3 Å². The Hall–Kier alpha value is -3.61. The predicted molar refractivity (Wildman–Crippen MR) is 122 cm³/mol. The van der Waals surface area contributed by atoms with Gasteiger partial charge in [0.1, 0.15) is 11.6 Å². The Morgan fingerprint density at radius 3 is 2.50 bits per heavy atom. The smallest absolute Gasteiger partial charge is 0.254 e. The van der Waals surface area contributed by atoms with Crippen molar-refractivity contribution in [2.45, 2.75) is 26.4 Å². The van der Waals surface area contributed by atoms with Crippen LogP contribution in [0, 0.1) is 6.92 Å². The highest BCUT2D eigenvalue weighted by Gasteiger charge is 2.33. The maximum atomic E-state index is 13.8. The summed E-state index contributed by atoms with van der Waals surface area (Å²) in [5.74, 6) is 1.65. The number of rotatable bonds is 5. The summed E-state index contributed by atoms with van der Waals surface area (Å²) in [7, 11) is 1.63. The third-order valence-corrected chi connectivity index (χ3v) is 6.10. The molecule has 1 aliphatic heterocycles. The number of carbonyl (C=O) groups excluding carboxylic acids is 2. The number of imidazole rings is 1. The number of hydrogen-bond donors (Lipinski definition) is 0. The van der Waals surface area contributed by atoms with E-state index >= 15 is 0 Å². The lowest BCUT2D eigenvalue weighted by atomic mass is 9.99. The molecule has 166 valence electrons. The summed E-state index contributed by atoms with van der Waals surface area (Å²) in [6.45, 7) is 5.57. The van der Waals surface area contributed by atoms with E-state index in [1.54, 1.807) is 25.1 Å². The second kappa shape index (κ2) is 9.26. The van der Waals surface area contributed by atoms with E-state index in [9.17, 15) is 9.59 Å². The van der Waals surface area contributed by atoms with Gasteiger partial charge in [0.25, 0.3) is 5.91 Å². The first-order valence-corrected chi connectivity index (χ1v) is 10.7. The molecule has 7 nitrogen and oxygen atoms in total. The van der Waals surface area contributed by atoms with Crippen LogP contribution < -0.4 is 4.74 Å². The lowest BCUT2D eigenvalue weighted by Crippen LogP contribution is -2.52. The van der Waals surface area contributed by atoms with Gasteiger partial charge in [-0.3, -0.25) is 9.59 Å². The first-order chi connectivity index (χ1) is 15.5. The monoisotopic (exact) mass is 432 g/mol. The quantitative estimate of drug-likeness (QED) is 0.621. The molecule has 1 fully saturated rings. The molecule has 2 amide bonds. The summed E-state index contributed by atoms with van der Waals surface area (Å²) in [6, 6.07) is 15.2. The number of aromatic nitrogens is 2. The number of amides is 2. The van der Waals surface area contributed by atoms with Crippen molar-refractivity contribution in [2.75, 3.05) is 26.7 Å². The fourth-order valence-corrected chi connectivity index (χ4v) is 4.20. The standard InChI is InChI=1S/C25H28N4O3/c1-18-26-12-13-27(18)16-21-6-4-5-7-23(21)25(31)29-15-14-28(19(2)30)17-24(29)20-8-10-22(32-3)11-9-20/h4-13,24H,14-17H2,1-3H3/t24-/m1/s1. The van der Waals surface area contributed by atoms with Crippen LogP contribution in [0.1, 0.15) is 40.3 Å².